The highest BCUT2D eigenvalue weighted by Gasteiger charge is 2.18. The molecule has 4 nitrogen and oxygen atoms in total. The van der Waals surface area contributed by atoms with Gasteiger partial charge in [-0.25, -0.2) is 4.39 Å². The molecule has 0 aliphatic heterocycles. The second kappa shape index (κ2) is 9.00. The van der Waals surface area contributed by atoms with Crippen LogP contribution >= 0.6 is 35.0 Å². The van der Waals surface area contributed by atoms with Gasteiger partial charge in [0, 0.05) is 26.9 Å². The van der Waals surface area contributed by atoms with E-state index in [0.29, 0.717) is 26.6 Å². The molecule has 0 bridgehead atoms. The number of benzene rings is 3. The number of aromatic nitrogens is 3. The van der Waals surface area contributed by atoms with Crippen molar-refractivity contribution in [3.05, 3.63) is 94.2 Å². The van der Waals surface area contributed by atoms with E-state index in [4.69, 9.17) is 23.2 Å². The van der Waals surface area contributed by atoms with E-state index in [0.717, 1.165) is 11.3 Å². The fourth-order valence-corrected chi connectivity index (χ4v) is 4.01. The lowest BCUT2D eigenvalue weighted by molar-refractivity contribution is 0.102. The van der Waals surface area contributed by atoms with Gasteiger partial charge in [0.1, 0.15) is 5.82 Å². The van der Waals surface area contributed by atoms with E-state index in [-0.39, 0.29) is 17.4 Å². The van der Waals surface area contributed by atoms with Gasteiger partial charge >= 0.3 is 0 Å². The van der Waals surface area contributed by atoms with Crippen LogP contribution in [-0.4, -0.2) is 26.3 Å². The van der Waals surface area contributed by atoms with Gasteiger partial charge in [-0.2, -0.15) is 0 Å². The number of halogens is 3. The van der Waals surface area contributed by atoms with Crippen LogP contribution < -0.4 is 0 Å². The van der Waals surface area contributed by atoms with E-state index in [1.807, 2.05) is 28.8 Å². The third-order valence-corrected chi connectivity index (χ3v) is 5.72. The highest BCUT2D eigenvalue weighted by molar-refractivity contribution is 7.99. The molecule has 0 radical (unpaired) electrons. The molecule has 1 heterocycles. The Balaban J connectivity index is 1.68. The van der Waals surface area contributed by atoms with Gasteiger partial charge in [0.05, 0.1) is 5.75 Å². The Kier molecular flexibility index (Phi) is 6.18. The van der Waals surface area contributed by atoms with Gasteiger partial charge < -0.3 is 0 Å². The summed E-state index contributed by atoms with van der Waals surface area (Å²) < 4.78 is 15.0. The number of nitrogens with zero attached hydrogens (tertiary/aromatic N) is 3. The van der Waals surface area contributed by atoms with Crippen molar-refractivity contribution >= 4 is 40.7 Å². The van der Waals surface area contributed by atoms with Crippen LogP contribution in [-0.2, 0) is 0 Å². The van der Waals surface area contributed by atoms with Crippen LogP contribution in [0.3, 0.4) is 0 Å². The van der Waals surface area contributed by atoms with Crippen LogP contribution in [0, 0.1) is 5.82 Å². The summed E-state index contributed by atoms with van der Waals surface area (Å²) >= 11 is 13.4. The molecule has 0 spiro atoms. The minimum atomic E-state index is -0.382. The van der Waals surface area contributed by atoms with Gasteiger partial charge in [-0.05, 0) is 60.7 Å². The lowest BCUT2D eigenvalue weighted by Crippen LogP contribution is -2.05. The minimum Gasteiger partial charge on any atom is -0.293 e. The molecule has 0 saturated carbocycles. The maximum absolute atomic E-state index is 13.1. The zero-order valence-corrected chi connectivity index (χ0v) is 17.8. The van der Waals surface area contributed by atoms with E-state index in [2.05, 4.69) is 10.2 Å². The van der Waals surface area contributed by atoms with E-state index in [1.54, 1.807) is 24.3 Å². The highest BCUT2D eigenvalue weighted by Crippen LogP contribution is 2.30. The van der Waals surface area contributed by atoms with Crippen LogP contribution in [0.5, 0.6) is 0 Å². The Morgan fingerprint density at radius 2 is 1.67 bits per heavy atom. The first-order chi connectivity index (χ1) is 14.5. The minimum absolute atomic E-state index is 0.130. The van der Waals surface area contributed by atoms with Crippen molar-refractivity contribution in [2.75, 3.05) is 5.75 Å². The number of ketones is 1. The van der Waals surface area contributed by atoms with Crippen molar-refractivity contribution in [2.24, 2.45) is 0 Å². The standard InChI is InChI=1S/C22H14Cl2FN3OS/c23-16-6-10-19(11-7-16)28-21(15-2-1-3-17(24)12-15)26-27-22(28)30-13-20(29)14-4-8-18(25)9-5-14/h1-12H,13H2. The first kappa shape index (κ1) is 20.6. The Labute approximate surface area is 186 Å². The summed E-state index contributed by atoms with van der Waals surface area (Å²) in [6, 6.07) is 20.0. The number of carbonyl (C=O) groups is 1. The largest absolute Gasteiger partial charge is 0.293 e. The molecule has 1 aromatic heterocycles. The molecular weight excluding hydrogens is 444 g/mol. The molecule has 4 rings (SSSR count). The smallest absolute Gasteiger partial charge is 0.196 e. The number of thioether (sulfide) groups is 1. The Morgan fingerprint density at radius 1 is 0.933 bits per heavy atom. The predicted molar refractivity (Wildman–Crippen MR) is 118 cm³/mol. The summed E-state index contributed by atoms with van der Waals surface area (Å²) in [6.07, 6.45) is 0. The fourth-order valence-electron chi connectivity index (χ4n) is 2.85. The molecule has 3 aromatic carbocycles. The van der Waals surface area contributed by atoms with Crippen LogP contribution in [0.25, 0.3) is 17.1 Å². The van der Waals surface area contributed by atoms with E-state index in [1.165, 1.54) is 36.0 Å². The monoisotopic (exact) mass is 457 g/mol. The lowest BCUT2D eigenvalue weighted by Gasteiger charge is -2.10. The second-order valence-electron chi connectivity index (χ2n) is 6.35. The molecule has 30 heavy (non-hydrogen) atoms. The summed E-state index contributed by atoms with van der Waals surface area (Å²) in [7, 11) is 0. The molecule has 0 N–H and O–H groups in total. The zero-order valence-electron chi connectivity index (χ0n) is 15.4. The predicted octanol–water partition coefficient (Wildman–Crippen LogP) is 6.36. The molecular formula is C22H14Cl2FN3OS. The maximum atomic E-state index is 13.1. The summed E-state index contributed by atoms with van der Waals surface area (Å²) in [6.45, 7) is 0. The van der Waals surface area contributed by atoms with E-state index >= 15 is 0 Å². The molecule has 0 fully saturated rings. The number of rotatable bonds is 6. The molecule has 0 aliphatic rings. The third kappa shape index (κ3) is 4.56. The van der Waals surface area contributed by atoms with Gasteiger partial charge in [-0.15, -0.1) is 10.2 Å². The number of hydrogen-bond donors (Lipinski definition) is 0. The average molecular weight is 458 g/mol. The van der Waals surface area contributed by atoms with E-state index in [9.17, 15) is 9.18 Å². The van der Waals surface area contributed by atoms with Crippen molar-refractivity contribution in [1.82, 2.24) is 14.8 Å². The Bertz CT molecular complexity index is 1190. The first-order valence-corrected chi connectivity index (χ1v) is 10.6. The summed E-state index contributed by atoms with van der Waals surface area (Å²) in [5.41, 5.74) is 2.04. The molecule has 0 atom stereocenters. The number of hydrogen-bond acceptors (Lipinski definition) is 4. The lowest BCUT2D eigenvalue weighted by atomic mass is 10.1. The normalized spacial score (nSPS) is 10.9. The summed E-state index contributed by atoms with van der Waals surface area (Å²) in [4.78, 5) is 12.5. The summed E-state index contributed by atoms with van der Waals surface area (Å²) in [5.74, 6) is 0.215. The topological polar surface area (TPSA) is 47.8 Å². The molecule has 150 valence electrons. The van der Waals surface area contributed by atoms with Gasteiger partial charge in [0.25, 0.3) is 0 Å². The Morgan fingerprint density at radius 3 is 2.37 bits per heavy atom. The van der Waals surface area contributed by atoms with Crippen LogP contribution in [0.4, 0.5) is 4.39 Å². The van der Waals surface area contributed by atoms with Crippen molar-refractivity contribution < 1.29 is 9.18 Å². The zero-order chi connectivity index (χ0) is 21.1. The Hall–Kier alpha value is -2.67. The number of carbonyl (C=O) groups excluding carboxylic acids is 1. The maximum Gasteiger partial charge on any atom is 0.196 e. The van der Waals surface area contributed by atoms with Gasteiger partial charge in [-0.3, -0.25) is 9.36 Å². The van der Waals surface area contributed by atoms with Crippen LogP contribution in [0.15, 0.2) is 78.0 Å². The summed E-state index contributed by atoms with van der Waals surface area (Å²) in [5, 5.41) is 10.4. The first-order valence-electron chi connectivity index (χ1n) is 8.90. The third-order valence-electron chi connectivity index (χ3n) is 4.30. The molecule has 8 heteroatoms. The second-order valence-corrected chi connectivity index (χ2v) is 8.16. The molecule has 0 saturated heterocycles. The quantitative estimate of drug-likeness (QED) is 0.249. The van der Waals surface area contributed by atoms with Crippen molar-refractivity contribution in [3.63, 3.8) is 0 Å². The number of Topliss-reactive ketones (excluding diaryl/α,β-unsaturated/α-hetero) is 1. The van der Waals surface area contributed by atoms with Gasteiger partial charge in [0.15, 0.2) is 16.8 Å². The SMILES string of the molecule is O=C(CSc1nnc(-c2cccc(Cl)c2)n1-c1ccc(Cl)cc1)c1ccc(F)cc1. The van der Waals surface area contributed by atoms with Gasteiger partial charge in [-0.1, -0.05) is 47.1 Å². The van der Waals surface area contributed by atoms with Crippen molar-refractivity contribution in [2.45, 2.75) is 5.16 Å². The molecule has 0 aliphatic carbocycles. The fraction of sp³-hybridized carbons (Fsp3) is 0.0455. The average Bonchev–Trinajstić information content (AvgIpc) is 3.17. The van der Waals surface area contributed by atoms with Crippen LogP contribution in [0.1, 0.15) is 10.4 Å². The van der Waals surface area contributed by atoms with Gasteiger partial charge in [0.2, 0.25) is 0 Å². The van der Waals surface area contributed by atoms with Crippen LogP contribution in [0.2, 0.25) is 10.0 Å². The highest BCUT2D eigenvalue weighted by atomic mass is 35.5. The molecule has 0 amide bonds. The molecule has 4 aromatic rings. The van der Waals surface area contributed by atoms with Crippen molar-refractivity contribution in [1.29, 1.82) is 0 Å². The molecule has 0 unspecified atom stereocenters. The van der Waals surface area contributed by atoms with Crippen molar-refractivity contribution in [3.8, 4) is 17.1 Å². The van der Waals surface area contributed by atoms with E-state index < -0.39 is 0 Å².